The lowest BCUT2D eigenvalue weighted by Gasteiger charge is -2.34. The lowest BCUT2D eigenvalue weighted by molar-refractivity contribution is 0.0277. The van der Waals surface area contributed by atoms with Crippen LogP contribution in [0.25, 0.3) is 0 Å². The zero-order chi connectivity index (χ0) is 21.0. The molecule has 0 radical (unpaired) electrons. The molecule has 30 heavy (non-hydrogen) atoms. The molecule has 1 saturated heterocycles. The van der Waals surface area contributed by atoms with Crippen LogP contribution in [0, 0.1) is 0 Å². The third-order valence-corrected chi connectivity index (χ3v) is 5.94. The van der Waals surface area contributed by atoms with Crippen LogP contribution >= 0.6 is 0 Å². The second-order valence-electron chi connectivity index (χ2n) is 8.38. The number of aromatic nitrogens is 1. The van der Waals surface area contributed by atoms with Crippen LogP contribution in [-0.4, -0.2) is 74.9 Å². The van der Waals surface area contributed by atoms with Gasteiger partial charge < -0.3 is 25.2 Å². The van der Waals surface area contributed by atoms with Crippen molar-refractivity contribution >= 4 is 11.8 Å². The highest BCUT2D eigenvalue weighted by Crippen LogP contribution is 2.20. The zero-order valence-corrected chi connectivity index (χ0v) is 18.9. The smallest absolute Gasteiger partial charge is 0.191 e. The number of aliphatic imine (C=N–C) groups is 1. The van der Waals surface area contributed by atoms with E-state index in [-0.39, 0.29) is 0 Å². The van der Waals surface area contributed by atoms with E-state index in [4.69, 9.17) is 9.73 Å². The van der Waals surface area contributed by atoms with E-state index >= 15 is 0 Å². The molecule has 168 valence electrons. The monoisotopic (exact) mass is 416 g/mol. The van der Waals surface area contributed by atoms with Gasteiger partial charge in [0.25, 0.3) is 0 Å². The van der Waals surface area contributed by atoms with E-state index in [2.05, 4.69) is 45.5 Å². The normalized spacial score (nSPS) is 19.1. The van der Waals surface area contributed by atoms with Gasteiger partial charge in [0.1, 0.15) is 5.82 Å². The highest BCUT2D eigenvalue weighted by molar-refractivity contribution is 5.79. The van der Waals surface area contributed by atoms with Crippen molar-refractivity contribution in [1.82, 2.24) is 20.5 Å². The quantitative estimate of drug-likeness (QED) is 0.367. The molecule has 2 fully saturated rings. The van der Waals surface area contributed by atoms with Crippen LogP contribution in [0.15, 0.2) is 23.3 Å². The molecule has 0 spiro atoms. The number of ether oxygens (including phenoxy) is 1. The molecule has 3 rings (SSSR count). The maximum absolute atomic E-state index is 6.03. The van der Waals surface area contributed by atoms with Crippen LogP contribution in [0.2, 0.25) is 0 Å². The zero-order valence-electron chi connectivity index (χ0n) is 18.9. The van der Waals surface area contributed by atoms with Crippen LogP contribution in [0.4, 0.5) is 5.82 Å². The van der Waals surface area contributed by atoms with Crippen LogP contribution in [0.1, 0.15) is 51.0 Å². The standard InChI is InChI=1S/C23H40N6O/c1-3-24-23(26-13-8-18-30-21-10-5-4-6-11-21)27-19-20-9-7-12-25-22(20)29-16-14-28(2)15-17-29/h7,9,12,21H,3-6,8,10-11,13-19H2,1-2H3,(H2,24,26,27). The largest absolute Gasteiger partial charge is 0.378 e. The fourth-order valence-electron chi connectivity index (χ4n) is 4.12. The fourth-order valence-corrected chi connectivity index (χ4v) is 4.12. The van der Waals surface area contributed by atoms with Gasteiger partial charge in [-0.15, -0.1) is 0 Å². The van der Waals surface area contributed by atoms with Crippen molar-refractivity contribution in [2.24, 2.45) is 4.99 Å². The summed E-state index contributed by atoms with van der Waals surface area (Å²) in [5, 5.41) is 6.81. The first-order valence-electron chi connectivity index (χ1n) is 11.8. The number of hydrogen-bond acceptors (Lipinski definition) is 5. The third kappa shape index (κ3) is 7.43. The summed E-state index contributed by atoms with van der Waals surface area (Å²) in [7, 11) is 2.18. The molecule has 0 atom stereocenters. The topological polar surface area (TPSA) is 65.0 Å². The molecular formula is C23H40N6O. The molecule has 7 nitrogen and oxygen atoms in total. The maximum Gasteiger partial charge on any atom is 0.191 e. The SMILES string of the molecule is CCNC(=NCc1cccnc1N1CCN(C)CC1)NCCCOC1CCCCC1. The Morgan fingerprint density at radius 3 is 2.73 bits per heavy atom. The molecule has 1 aromatic heterocycles. The van der Waals surface area contributed by atoms with Gasteiger partial charge in [0.15, 0.2) is 5.96 Å². The summed E-state index contributed by atoms with van der Waals surface area (Å²) < 4.78 is 6.03. The molecular weight excluding hydrogens is 376 g/mol. The molecule has 0 amide bonds. The minimum atomic E-state index is 0.485. The van der Waals surface area contributed by atoms with Crippen molar-refractivity contribution in [2.75, 3.05) is 57.8 Å². The van der Waals surface area contributed by atoms with Crippen LogP contribution in [0.3, 0.4) is 0 Å². The van der Waals surface area contributed by atoms with Crippen LogP contribution in [0.5, 0.6) is 0 Å². The van der Waals surface area contributed by atoms with E-state index in [0.29, 0.717) is 12.6 Å². The molecule has 0 aromatic carbocycles. The second-order valence-corrected chi connectivity index (χ2v) is 8.38. The first-order chi connectivity index (χ1) is 14.8. The Balaban J connectivity index is 1.47. The molecule has 1 saturated carbocycles. The molecule has 0 unspecified atom stereocenters. The highest BCUT2D eigenvalue weighted by atomic mass is 16.5. The number of pyridine rings is 1. The lowest BCUT2D eigenvalue weighted by Crippen LogP contribution is -2.45. The fraction of sp³-hybridized carbons (Fsp3) is 0.739. The summed E-state index contributed by atoms with van der Waals surface area (Å²) in [5.74, 6) is 1.94. The Kier molecular flexibility index (Phi) is 9.70. The van der Waals surface area contributed by atoms with Gasteiger partial charge in [0.2, 0.25) is 0 Å². The third-order valence-electron chi connectivity index (χ3n) is 5.94. The molecule has 0 bridgehead atoms. The maximum atomic E-state index is 6.03. The van der Waals surface area contributed by atoms with Crippen molar-refractivity contribution in [2.45, 2.75) is 58.1 Å². The van der Waals surface area contributed by atoms with Crippen molar-refractivity contribution in [3.63, 3.8) is 0 Å². The number of anilines is 1. The Morgan fingerprint density at radius 1 is 1.17 bits per heavy atom. The van der Waals surface area contributed by atoms with Gasteiger partial charge in [0, 0.05) is 57.6 Å². The van der Waals surface area contributed by atoms with E-state index in [0.717, 1.165) is 64.1 Å². The van der Waals surface area contributed by atoms with Gasteiger partial charge in [-0.2, -0.15) is 0 Å². The summed E-state index contributed by atoms with van der Waals surface area (Å²) in [6.07, 6.45) is 9.86. The Morgan fingerprint density at radius 2 is 1.97 bits per heavy atom. The van der Waals surface area contributed by atoms with Gasteiger partial charge >= 0.3 is 0 Å². The molecule has 2 N–H and O–H groups in total. The number of likely N-dealkylation sites (N-methyl/N-ethyl adjacent to an activating group) is 1. The summed E-state index contributed by atoms with van der Waals surface area (Å²) in [6, 6.07) is 4.15. The molecule has 1 aliphatic heterocycles. The summed E-state index contributed by atoms with van der Waals surface area (Å²) in [6.45, 7) is 9.46. The number of nitrogens with one attached hydrogen (secondary N) is 2. The van der Waals surface area contributed by atoms with Gasteiger partial charge in [-0.25, -0.2) is 9.98 Å². The number of guanidine groups is 1. The highest BCUT2D eigenvalue weighted by Gasteiger charge is 2.18. The first-order valence-corrected chi connectivity index (χ1v) is 11.8. The van der Waals surface area contributed by atoms with Gasteiger partial charge in [-0.1, -0.05) is 25.3 Å². The van der Waals surface area contributed by atoms with Crippen LogP contribution in [-0.2, 0) is 11.3 Å². The minimum absolute atomic E-state index is 0.485. The van der Waals surface area contributed by atoms with Gasteiger partial charge in [-0.3, -0.25) is 0 Å². The molecule has 7 heteroatoms. The van der Waals surface area contributed by atoms with Crippen molar-refractivity contribution in [3.8, 4) is 0 Å². The van der Waals surface area contributed by atoms with E-state index in [1.807, 2.05) is 12.3 Å². The lowest BCUT2D eigenvalue weighted by atomic mass is 9.98. The molecule has 1 aliphatic carbocycles. The number of piperazine rings is 1. The number of nitrogens with zero attached hydrogens (tertiary/aromatic N) is 4. The van der Waals surface area contributed by atoms with Gasteiger partial charge in [0.05, 0.1) is 12.6 Å². The van der Waals surface area contributed by atoms with Gasteiger partial charge in [-0.05, 0) is 39.3 Å². The average Bonchev–Trinajstić information content (AvgIpc) is 2.79. The van der Waals surface area contributed by atoms with Crippen molar-refractivity contribution in [3.05, 3.63) is 23.9 Å². The number of rotatable bonds is 9. The van der Waals surface area contributed by atoms with Crippen molar-refractivity contribution < 1.29 is 4.74 Å². The van der Waals surface area contributed by atoms with Crippen molar-refractivity contribution in [1.29, 1.82) is 0 Å². The molecule has 2 heterocycles. The Hall–Kier alpha value is -1.86. The summed E-state index contributed by atoms with van der Waals surface area (Å²) in [4.78, 5) is 14.2. The predicted octanol–water partition coefficient (Wildman–Crippen LogP) is 2.63. The number of hydrogen-bond donors (Lipinski definition) is 2. The van der Waals surface area contributed by atoms with Crippen LogP contribution < -0.4 is 15.5 Å². The Labute approximate surface area is 182 Å². The Bertz CT molecular complexity index is 638. The minimum Gasteiger partial charge on any atom is -0.378 e. The predicted molar refractivity (Wildman–Crippen MR) is 124 cm³/mol. The summed E-state index contributed by atoms with van der Waals surface area (Å²) >= 11 is 0. The van der Waals surface area contributed by atoms with E-state index in [1.54, 1.807) is 0 Å². The summed E-state index contributed by atoms with van der Waals surface area (Å²) in [5.41, 5.74) is 1.18. The second kappa shape index (κ2) is 12.7. The first kappa shape index (κ1) is 22.8. The average molecular weight is 417 g/mol. The van der Waals surface area contributed by atoms with E-state index in [1.165, 1.54) is 37.7 Å². The van der Waals surface area contributed by atoms with E-state index < -0.39 is 0 Å². The molecule has 2 aliphatic rings. The van der Waals surface area contributed by atoms with E-state index in [9.17, 15) is 0 Å². The molecule has 1 aromatic rings.